The molecule has 134 valence electrons. The van der Waals surface area contributed by atoms with Gasteiger partial charge in [-0.25, -0.2) is 4.79 Å². The number of hydrogen-bond donors (Lipinski definition) is 2. The second kappa shape index (κ2) is 6.44. The van der Waals surface area contributed by atoms with E-state index in [1.807, 2.05) is 0 Å². The van der Waals surface area contributed by atoms with Crippen LogP contribution in [0.2, 0.25) is 0 Å². The van der Waals surface area contributed by atoms with E-state index in [1.165, 1.54) is 12.1 Å². The molecule has 3 rings (SSSR count). The highest BCUT2D eigenvalue weighted by Gasteiger charge is 2.16. The summed E-state index contributed by atoms with van der Waals surface area (Å²) < 4.78 is 12.0. The van der Waals surface area contributed by atoms with Crippen LogP contribution in [-0.2, 0) is 6.42 Å². The smallest absolute Gasteiger partial charge is 0.347 e. The van der Waals surface area contributed by atoms with Gasteiger partial charge in [0.1, 0.15) is 22.3 Å². The van der Waals surface area contributed by atoms with Gasteiger partial charge in [0, 0.05) is 23.9 Å². The minimum Gasteiger partial charge on any atom is -0.504 e. The maximum Gasteiger partial charge on any atom is 0.347 e. The van der Waals surface area contributed by atoms with E-state index in [-0.39, 0.29) is 11.5 Å². The Labute approximate surface area is 145 Å². The van der Waals surface area contributed by atoms with Crippen LogP contribution in [0.15, 0.2) is 31.8 Å². The molecule has 25 heavy (non-hydrogen) atoms. The van der Waals surface area contributed by atoms with Crippen molar-refractivity contribution in [3.05, 3.63) is 34.4 Å². The third-order valence-corrected chi connectivity index (χ3v) is 4.28. The van der Waals surface area contributed by atoms with Crippen LogP contribution < -0.4 is 5.63 Å². The molecule has 0 fully saturated rings. The van der Waals surface area contributed by atoms with Gasteiger partial charge in [-0.15, -0.1) is 0 Å². The summed E-state index contributed by atoms with van der Waals surface area (Å²) in [6, 6.07) is 4.34. The van der Waals surface area contributed by atoms with Gasteiger partial charge in [-0.1, -0.05) is 0 Å². The SMILES string of the molecule is C[N+](C)(C)CCCCCc1cc2oc3cc(O)c(O)cc3c2c(=O)o1. The van der Waals surface area contributed by atoms with Crippen LogP contribution in [0.5, 0.6) is 11.5 Å². The summed E-state index contributed by atoms with van der Waals surface area (Å²) >= 11 is 0. The lowest BCUT2D eigenvalue weighted by molar-refractivity contribution is -0.870. The van der Waals surface area contributed by atoms with Crippen molar-refractivity contribution in [1.29, 1.82) is 0 Å². The fraction of sp³-hybridized carbons (Fsp3) is 0.421. The number of phenols is 2. The number of quaternary nitrogens is 1. The topological polar surface area (TPSA) is 83.8 Å². The molecule has 0 radical (unpaired) electrons. The zero-order chi connectivity index (χ0) is 18.2. The Morgan fingerprint density at radius 3 is 2.36 bits per heavy atom. The highest BCUT2D eigenvalue weighted by Crippen LogP contribution is 2.35. The first-order chi connectivity index (χ1) is 11.7. The van der Waals surface area contributed by atoms with Crippen LogP contribution in [-0.4, -0.2) is 42.4 Å². The number of unbranched alkanes of at least 4 members (excludes halogenated alkanes) is 2. The van der Waals surface area contributed by atoms with Crippen molar-refractivity contribution in [1.82, 2.24) is 0 Å². The lowest BCUT2D eigenvalue weighted by atomic mass is 10.1. The van der Waals surface area contributed by atoms with Gasteiger partial charge in [-0.2, -0.15) is 0 Å². The zero-order valence-corrected chi connectivity index (χ0v) is 14.8. The Bertz CT molecular complexity index is 962. The molecule has 0 spiro atoms. The number of aromatic hydroxyl groups is 2. The Balaban J connectivity index is 1.80. The molecule has 0 atom stereocenters. The first-order valence-corrected chi connectivity index (χ1v) is 8.46. The van der Waals surface area contributed by atoms with Crippen LogP contribution in [0.3, 0.4) is 0 Å². The van der Waals surface area contributed by atoms with E-state index in [0.717, 1.165) is 30.3 Å². The summed E-state index contributed by atoms with van der Waals surface area (Å²) in [6.45, 7) is 1.11. The first kappa shape index (κ1) is 17.4. The van der Waals surface area contributed by atoms with Crippen molar-refractivity contribution in [2.75, 3.05) is 27.7 Å². The maximum absolute atomic E-state index is 12.3. The third kappa shape index (κ3) is 3.79. The molecule has 0 aliphatic heterocycles. The number of rotatable bonds is 6. The largest absolute Gasteiger partial charge is 0.504 e. The van der Waals surface area contributed by atoms with Crippen LogP contribution in [0.1, 0.15) is 25.0 Å². The molecule has 0 amide bonds. The van der Waals surface area contributed by atoms with E-state index in [4.69, 9.17) is 8.83 Å². The number of aryl methyl sites for hydroxylation is 1. The number of nitrogens with zero attached hydrogens (tertiary/aromatic N) is 1. The monoisotopic (exact) mass is 346 g/mol. The summed E-state index contributed by atoms with van der Waals surface area (Å²) in [4.78, 5) is 12.3. The quantitative estimate of drug-likeness (QED) is 0.406. The fourth-order valence-electron chi connectivity index (χ4n) is 2.98. The summed E-state index contributed by atoms with van der Waals surface area (Å²) in [6.07, 6.45) is 3.81. The van der Waals surface area contributed by atoms with Crippen molar-refractivity contribution >= 4 is 21.9 Å². The van der Waals surface area contributed by atoms with Crippen molar-refractivity contribution in [3.8, 4) is 11.5 Å². The average molecular weight is 346 g/mol. The van der Waals surface area contributed by atoms with Crippen LogP contribution in [0.25, 0.3) is 21.9 Å². The molecule has 0 bridgehead atoms. The standard InChI is InChI=1S/C19H23NO5/c1-20(2,3)8-6-4-5-7-12-9-17-18(19(23)24-12)13-10-14(21)15(22)11-16(13)25-17/h9-11H,4-8H2,1-3H3,(H-,21,22)/p+1. The van der Waals surface area contributed by atoms with E-state index in [1.54, 1.807) is 6.07 Å². The van der Waals surface area contributed by atoms with Gasteiger partial charge in [-0.05, 0) is 25.3 Å². The Morgan fingerprint density at radius 2 is 1.64 bits per heavy atom. The van der Waals surface area contributed by atoms with Crippen molar-refractivity contribution < 1.29 is 23.5 Å². The molecule has 2 heterocycles. The van der Waals surface area contributed by atoms with Crippen LogP contribution in [0.4, 0.5) is 0 Å². The summed E-state index contributed by atoms with van der Waals surface area (Å²) in [7, 11) is 6.51. The molecule has 0 saturated carbocycles. The van der Waals surface area contributed by atoms with E-state index in [0.29, 0.717) is 34.1 Å². The molecule has 3 aromatic rings. The first-order valence-electron chi connectivity index (χ1n) is 8.46. The highest BCUT2D eigenvalue weighted by atomic mass is 16.4. The van der Waals surface area contributed by atoms with Gasteiger partial charge in [0.25, 0.3) is 0 Å². The number of hydrogen-bond acceptors (Lipinski definition) is 5. The highest BCUT2D eigenvalue weighted by molar-refractivity contribution is 6.05. The molecule has 1 aromatic carbocycles. The second-order valence-electron chi connectivity index (χ2n) is 7.50. The molecular weight excluding hydrogens is 322 g/mol. The molecule has 2 aromatic heterocycles. The molecule has 6 nitrogen and oxygen atoms in total. The van der Waals surface area contributed by atoms with Crippen molar-refractivity contribution in [2.45, 2.75) is 25.7 Å². The number of furan rings is 1. The maximum atomic E-state index is 12.3. The lowest BCUT2D eigenvalue weighted by Crippen LogP contribution is -2.35. The second-order valence-corrected chi connectivity index (χ2v) is 7.50. The molecule has 0 saturated heterocycles. The Morgan fingerprint density at radius 1 is 0.920 bits per heavy atom. The lowest BCUT2D eigenvalue weighted by Gasteiger charge is -2.23. The van der Waals surface area contributed by atoms with E-state index >= 15 is 0 Å². The van der Waals surface area contributed by atoms with Crippen LogP contribution >= 0.6 is 0 Å². The van der Waals surface area contributed by atoms with Gasteiger partial charge in [0.05, 0.1) is 27.7 Å². The predicted octanol–water partition coefficient (Wildman–Crippen LogP) is 3.37. The average Bonchev–Trinajstić information content (AvgIpc) is 2.84. The van der Waals surface area contributed by atoms with Gasteiger partial charge in [0.15, 0.2) is 11.5 Å². The third-order valence-electron chi connectivity index (χ3n) is 4.28. The minimum atomic E-state index is -0.484. The van der Waals surface area contributed by atoms with Gasteiger partial charge >= 0.3 is 5.63 Å². The fourth-order valence-corrected chi connectivity index (χ4v) is 2.98. The normalized spacial score (nSPS) is 12.3. The number of benzene rings is 1. The number of phenolic OH excluding ortho intramolecular Hbond substituents is 2. The molecule has 0 aliphatic carbocycles. The number of fused-ring (bicyclic) bond motifs is 3. The Hall–Kier alpha value is -2.47. The minimum absolute atomic E-state index is 0.284. The molecular formula is C19H24NO5+. The predicted molar refractivity (Wildman–Crippen MR) is 96.0 cm³/mol. The molecule has 2 N–H and O–H groups in total. The molecule has 0 unspecified atom stereocenters. The van der Waals surface area contributed by atoms with E-state index < -0.39 is 5.63 Å². The summed E-state index contributed by atoms with van der Waals surface area (Å²) in [5, 5.41) is 19.9. The molecule has 6 heteroatoms. The Kier molecular flexibility index (Phi) is 4.47. The van der Waals surface area contributed by atoms with Crippen molar-refractivity contribution in [3.63, 3.8) is 0 Å². The van der Waals surface area contributed by atoms with Gasteiger partial charge < -0.3 is 23.5 Å². The van der Waals surface area contributed by atoms with E-state index in [2.05, 4.69) is 21.1 Å². The zero-order valence-electron chi connectivity index (χ0n) is 14.8. The molecule has 0 aliphatic rings. The summed E-state index contributed by atoms with van der Waals surface area (Å²) in [5.74, 6) is 0.0135. The van der Waals surface area contributed by atoms with Crippen molar-refractivity contribution in [2.24, 2.45) is 0 Å². The van der Waals surface area contributed by atoms with Gasteiger partial charge in [0.2, 0.25) is 0 Å². The van der Waals surface area contributed by atoms with Gasteiger partial charge in [-0.3, -0.25) is 0 Å². The van der Waals surface area contributed by atoms with Crippen LogP contribution in [0, 0.1) is 0 Å². The summed E-state index contributed by atoms with van der Waals surface area (Å²) in [5.41, 5.74) is 0.276. The van der Waals surface area contributed by atoms with E-state index in [9.17, 15) is 15.0 Å².